The number of amides is 2. The van der Waals surface area contributed by atoms with Crippen LogP contribution in [0, 0.1) is 0 Å². The Bertz CT molecular complexity index is 505. The molecule has 5 nitrogen and oxygen atoms in total. The van der Waals surface area contributed by atoms with Crippen molar-refractivity contribution in [2.24, 2.45) is 0 Å². The van der Waals surface area contributed by atoms with Crippen molar-refractivity contribution >= 4 is 11.8 Å². The average molecular weight is 273 g/mol. The fraction of sp³-hybridized carbons (Fsp3) is 0.467. The van der Waals surface area contributed by atoms with Crippen LogP contribution in [0.1, 0.15) is 27.1 Å². The van der Waals surface area contributed by atoms with E-state index in [1.54, 1.807) is 24.3 Å². The largest absolute Gasteiger partial charge is 0.314 e. The fourth-order valence-electron chi connectivity index (χ4n) is 2.69. The van der Waals surface area contributed by atoms with Gasteiger partial charge in [-0.3, -0.25) is 14.5 Å². The number of fused-ring (bicyclic) bond motifs is 1. The zero-order valence-electron chi connectivity index (χ0n) is 11.6. The first-order valence-corrected chi connectivity index (χ1v) is 7.04. The van der Waals surface area contributed by atoms with Crippen molar-refractivity contribution in [2.45, 2.75) is 12.5 Å². The van der Waals surface area contributed by atoms with Crippen LogP contribution in [0.25, 0.3) is 0 Å². The van der Waals surface area contributed by atoms with Crippen LogP contribution in [0.2, 0.25) is 0 Å². The van der Waals surface area contributed by atoms with Gasteiger partial charge in [0.2, 0.25) is 0 Å². The Morgan fingerprint density at radius 2 is 1.80 bits per heavy atom. The van der Waals surface area contributed by atoms with Crippen LogP contribution in [-0.4, -0.2) is 60.9 Å². The highest BCUT2D eigenvalue weighted by molar-refractivity contribution is 6.21. The number of carbonyl (C=O) groups excluding carboxylic acids is 2. The van der Waals surface area contributed by atoms with Crippen LogP contribution in [-0.2, 0) is 0 Å². The van der Waals surface area contributed by atoms with Crippen LogP contribution in [0.5, 0.6) is 0 Å². The molecule has 0 aromatic heterocycles. The van der Waals surface area contributed by atoms with Crippen molar-refractivity contribution < 1.29 is 9.59 Å². The summed E-state index contributed by atoms with van der Waals surface area (Å²) in [5.41, 5.74) is 1.07. The number of carbonyl (C=O) groups is 2. The number of likely N-dealkylation sites (N-methyl/N-ethyl adjacent to an activating group) is 1. The Morgan fingerprint density at radius 1 is 1.20 bits per heavy atom. The minimum atomic E-state index is -0.154. The molecule has 0 saturated carbocycles. The van der Waals surface area contributed by atoms with Crippen LogP contribution >= 0.6 is 0 Å². The van der Waals surface area contributed by atoms with Gasteiger partial charge in [-0.05, 0) is 32.1 Å². The topological polar surface area (TPSA) is 52.7 Å². The maximum atomic E-state index is 12.2. The second kappa shape index (κ2) is 5.34. The molecule has 0 unspecified atom stereocenters. The van der Waals surface area contributed by atoms with Crippen molar-refractivity contribution in [1.29, 1.82) is 0 Å². The summed E-state index contributed by atoms with van der Waals surface area (Å²) >= 11 is 0. The van der Waals surface area contributed by atoms with E-state index in [1.807, 2.05) is 0 Å². The SMILES string of the molecule is CN(CCCN1C(=O)c2ccccc2C1=O)C1CNC1. The van der Waals surface area contributed by atoms with E-state index in [9.17, 15) is 9.59 Å². The summed E-state index contributed by atoms with van der Waals surface area (Å²) in [5.74, 6) is -0.308. The normalized spacial score (nSPS) is 18.6. The summed E-state index contributed by atoms with van der Waals surface area (Å²) in [6.45, 7) is 3.46. The molecule has 1 aromatic rings. The van der Waals surface area contributed by atoms with Gasteiger partial charge in [0.25, 0.3) is 11.8 Å². The monoisotopic (exact) mass is 273 g/mol. The number of hydrogen-bond acceptors (Lipinski definition) is 4. The lowest BCUT2D eigenvalue weighted by Gasteiger charge is -2.35. The molecule has 1 aromatic carbocycles. The first-order valence-electron chi connectivity index (χ1n) is 7.04. The number of benzene rings is 1. The molecular formula is C15H19N3O2. The van der Waals surface area contributed by atoms with E-state index in [1.165, 1.54) is 4.90 Å². The van der Waals surface area contributed by atoms with Crippen LogP contribution < -0.4 is 5.32 Å². The second-order valence-electron chi connectivity index (χ2n) is 5.45. The van der Waals surface area contributed by atoms with Gasteiger partial charge in [-0.25, -0.2) is 0 Å². The molecular weight excluding hydrogens is 254 g/mol. The van der Waals surface area contributed by atoms with Gasteiger partial charge in [0.1, 0.15) is 0 Å². The first kappa shape index (κ1) is 13.3. The van der Waals surface area contributed by atoms with Gasteiger partial charge < -0.3 is 10.2 Å². The molecule has 0 spiro atoms. The molecule has 0 atom stereocenters. The number of rotatable bonds is 5. The lowest BCUT2D eigenvalue weighted by molar-refractivity contribution is 0.0644. The minimum Gasteiger partial charge on any atom is -0.314 e. The molecule has 3 rings (SSSR count). The molecule has 0 aliphatic carbocycles. The molecule has 20 heavy (non-hydrogen) atoms. The second-order valence-corrected chi connectivity index (χ2v) is 5.45. The minimum absolute atomic E-state index is 0.154. The third kappa shape index (κ3) is 2.23. The number of nitrogens with one attached hydrogen (secondary N) is 1. The van der Waals surface area contributed by atoms with Crippen molar-refractivity contribution in [1.82, 2.24) is 15.1 Å². The highest BCUT2D eigenvalue weighted by Gasteiger charge is 2.34. The highest BCUT2D eigenvalue weighted by atomic mass is 16.2. The Morgan fingerprint density at radius 3 is 2.30 bits per heavy atom. The predicted octanol–water partition coefficient (Wildman–Crippen LogP) is 0.576. The molecule has 1 fully saturated rings. The number of hydrogen-bond donors (Lipinski definition) is 1. The standard InChI is InChI=1S/C15H19N3O2/c1-17(11-9-16-10-11)7-4-8-18-14(19)12-5-2-3-6-13(12)15(18)20/h2-3,5-6,11,16H,4,7-10H2,1H3. The van der Waals surface area contributed by atoms with Crippen molar-refractivity contribution in [3.63, 3.8) is 0 Å². The Kier molecular flexibility index (Phi) is 3.54. The van der Waals surface area contributed by atoms with E-state index in [4.69, 9.17) is 0 Å². The molecule has 0 radical (unpaired) electrons. The summed E-state index contributed by atoms with van der Waals surface area (Å²) < 4.78 is 0. The molecule has 5 heteroatoms. The Labute approximate surface area is 118 Å². The van der Waals surface area contributed by atoms with E-state index in [0.29, 0.717) is 23.7 Å². The van der Waals surface area contributed by atoms with Gasteiger partial charge in [-0.15, -0.1) is 0 Å². The van der Waals surface area contributed by atoms with Crippen LogP contribution in [0.15, 0.2) is 24.3 Å². The summed E-state index contributed by atoms with van der Waals surface area (Å²) in [6, 6.07) is 7.64. The maximum Gasteiger partial charge on any atom is 0.261 e. The van der Waals surface area contributed by atoms with Crippen molar-refractivity contribution in [3.8, 4) is 0 Å². The fourth-order valence-corrected chi connectivity index (χ4v) is 2.69. The smallest absolute Gasteiger partial charge is 0.261 e. The average Bonchev–Trinajstić information content (AvgIpc) is 2.62. The van der Waals surface area contributed by atoms with Gasteiger partial charge >= 0.3 is 0 Å². The van der Waals surface area contributed by atoms with Crippen LogP contribution in [0.3, 0.4) is 0 Å². The van der Waals surface area contributed by atoms with Gasteiger partial charge in [0.05, 0.1) is 11.1 Å². The zero-order valence-corrected chi connectivity index (χ0v) is 11.6. The molecule has 106 valence electrons. The van der Waals surface area contributed by atoms with Gasteiger partial charge in [-0.2, -0.15) is 0 Å². The third-order valence-electron chi connectivity index (χ3n) is 4.15. The Balaban J connectivity index is 1.56. The molecule has 2 amide bonds. The third-order valence-corrected chi connectivity index (χ3v) is 4.15. The van der Waals surface area contributed by atoms with Gasteiger partial charge in [-0.1, -0.05) is 12.1 Å². The molecule has 2 heterocycles. The molecule has 1 N–H and O–H groups in total. The van der Waals surface area contributed by atoms with E-state index >= 15 is 0 Å². The quantitative estimate of drug-likeness (QED) is 0.797. The van der Waals surface area contributed by atoms with Gasteiger partial charge in [0, 0.05) is 25.7 Å². The number of imide groups is 1. The summed E-state index contributed by atoms with van der Waals surface area (Å²) in [5, 5.41) is 3.24. The predicted molar refractivity (Wildman–Crippen MR) is 75.7 cm³/mol. The lowest BCUT2D eigenvalue weighted by Crippen LogP contribution is -2.56. The lowest BCUT2D eigenvalue weighted by atomic mass is 10.1. The molecule has 2 aliphatic heterocycles. The van der Waals surface area contributed by atoms with Crippen LogP contribution in [0.4, 0.5) is 0 Å². The zero-order chi connectivity index (χ0) is 14.1. The van der Waals surface area contributed by atoms with Crippen molar-refractivity contribution in [3.05, 3.63) is 35.4 Å². The van der Waals surface area contributed by atoms with E-state index in [-0.39, 0.29) is 11.8 Å². The Hall–Kier alpha value is -1.72. The summed E-state index contributed by atoms with van der Waals surface area (Å²) in [4.78, 5) is 28.0. The summed E-state index contributed by atoms with van der Waals surface area (Å²) in [7, 11) is 2.09. The molecule has 0 bridgehead atoms. The molecule has 1 saturated heterocycles. The first-order chi connectivity index (χ1) is 9.68. The van der Waals surface area contributed by atoms with E-state index in [2.05, 4.69) is 17.3 Å². The van der Waals surface area contributed by atoms with E-state index < -0.39 is 0 Å². The van der Waals surface area contributed by atoms with E-state index in [0.717, 1.165) is 26.1 Å². The highest BCUT2D eigenvalue weighted by Crippen LogP contribution is 2.22. The van der Waals surface area contributed by atoms with Gasteiger partial charge in [0.15, 0.2) is 0 Å². The number of nitrogens with zero attached hydrogens (tertiary/aromatic N) is 2. The van der Waals surface area contributed by atoms with Crippen molar-refractivity contribution in [2.75, 3.05) is 33.2 Å². The maximum absolute atomic E-state index is 12.2. The molecule has 2 aliphatic rings. The summed E-state index contributed by atoms with van der Waals surface area (Å²) in [6.07, 6.45) is 0.818.